The Kier molecular flexibility index (Phi) is 9.99. The van der Waals surface area contributed by atoms with Gasteiger partial charge >= 0.3 is 11.9 Å². The molecule has 1 aliphatic heterocycles. The summed E-state index contributed by atoms with van der Waals surface area (Å²) >= 11 is 0. The Labute approximate surface area is 359 Å². The fraction of sp³-hybridized carbons (Fsp3) is 0.731. The number of rotatable bonds is 7. The van der Waals surface area contributed by atoms with Crippen LogP contribution in [-0.4, -0.2) is 57.0 Å². The Morgan fingerprint density at radius 1 is 0.833 bits per heavy atom. The molecule has 1 aromatic carbocycles. The van der Waals surface area contributed by atoms with Crippen molar-refractivity contribution in [1.82, 2.24) is 14.9 Å². The second-order valence-corrected chi connectivity index (χ2v) is 23.3. The van der Waals surface area contributed by atoms with Crippen molar-refractivity contribution in [2.24, 2.45) is 73.9 Å². The molecular weight excluding hydrogens is 747 g/mol. The molecule has 326 valence electrons. The molecule has 1 aromatic heterocycles. The first-order chi connectivity index (χ1) is 28.3. The van der Waals surface area contributed by atoms with Gasteiger partial charge in [-0.2, -0.15) is 0 Å². The molecule has 1 amide bonds. The highest BCUT2D eigenvalue weighted by Crippen LogP contribution is 2.78. The highest BCUT2D eigenvalue weighted by atomic mass is 16.5. The molecule has 9 rings (SSSR count). The number of nitrogens with zero attached hydrogens (tertiary/aromatic N) is 2. The number of carboxylic acids is 1. The molecule has 1 saturated heterocycles. The van der Waals surface area contributed by atoms with Crippen molar-refractivity contribution in [1.29, 1.82) is 0 Å². The summed E-state index contributed by atoms with van der Waals surface area (Å²) < 4.78 is 6.47. The van der Waals surface area contributed by atoms with Crippen LogP contribution in [0.5, 0.6) is 0 Å². The first kappa shape index (κ1) is 41.9. The number of aliphatic carboxylic acids is 1. The Hall–Kier alpha value is -3.42. The fourth-order valence-electron chi connectivity index (χ4n) is 16.7. The number of H-pyrrole nitrogens is 1. The molecule has 2 heterocycles. The fourth-order valence-corrected chi connectivity index (χ4v) is 16.7. The van der Waals surface area contributed by atoms with Crippen LogP contribution >= 0.6 is 0 Å². The van der Waals surface area contributed by atoms with Crippen molar-refractivity contribution in [3.63, 3.8) is 0 Å². The molecule has 8 heteroatoms. The summed E-state index contributed by atoms with van der Waals surface area (Å²) in [7, 11) is 0. The Bertz CT molecular complexity index is 2040. The first-order valence-corrected chi connectivity index (χ1v) is 23.8. The average Bonchev–Trinajstić information content (AvgIpc) is 3.86. The van der Waals surface area contributed by atoms with Crippen LogP contribution in [0.25, 0.3) is 11.3 Å². The number of nitrogens with one attached hydrogen (secondary N) is 1. The average molecular weight is 820 g/mol. The van der Waals surface area contributed by atoms with Gasteiger partial charge in [-0.15, -0.1) is 0 Å². The summed E-state index contributed by atoms with van der Waals surface area (Å²) in [6.45, 7) is 24.8. The Morgan fingerprint density at radius 2 is 1.58 bits per heavy atom. The molecule has 2 unspecified atom stereocenters. The summed E-state index contributed by atoms with van der Waals surface area (Å²) in [4.78, 5) is 51.7. The number of hydrogen-bond donors (Lipinski definition) is 2. The Morgan fingerprint density at radius 3 is 2.28 bits per heavy atom. The van der Waals surface area contributed by atoms with Crippen molar-refractivity contribution in [3.05, 3.63) is 54.5 Å². The van der Waals surface area contributed by atoms with Crippen molar-refractivity contribution < 1.29 is 24.2 Å². The maximum absolute atomic E-state index is 15.4. The van der Waals surface area contributed by atoms with Gasteiger partial charge in [0.1, 0.15) is 11.9 Å². The molecule has 7 fully saturated rings. The van der Waals surface area contributed by atoms with E-state index in [2.05, 4.69) is 82.3 Å². The van der Waals surface area contributed by atoms with E-state index in [0.717, 1.165) is 94.4 Å². The van der Waals surface area contributed by atoms with Crippen LogP contribution in [0.4, 0.5) is 0 Å². The quantitative estimate of drug-likeness (QED) is 0.212. The van der Waals surface area contributed by atoms with Crippen molar-refractivity contribution in [2.45, 2.75) is 151 Å². The highest BCUT2D eigenvalue weighted by molar-refractivity contribution is 5.84. The standard InChI is InChI=1S/C52H73N3O5/c1-31(2)34-19-24-52(46(59)55-27-13-16-33(30-55)43-53-29-38(54-43)32-14-11-10-12-15-32)26-25-50(8)35(42(34)52)17-18-40-49(7)22-21-41(48(5,6)39(49)20-23-51(40,50)9)60-45(58)37-28-36(44(56)57)47(37,3)4/h10-12,14-15,29,33-37,39-42H,1,13,16-28,30H2,2-9H3,(H,53,54)(H,56,57)/t33-,34-,35?,36-,37+,39-,40+,41?,42+,49-,50+,51+,52-/m0/s1. The van der Waals surface area contributed by atoms with Crippen LogP contribution in [0.1, 0.15) is 151 Å². The van der Waals surface area contributed by atoms with E-state index in [4.69, 9.17) is 9.72 Å². The third kappa shape index (κ3) is 5.93. The number of amides is 1. The van der Waals surface area contributed by atoms with Gasteiger partial charge in [0, 0.05) is 24.4 Å². The number of hydrogen-bond acceptors (Lipinski definition) is 5. The molecule has 0 spiro atoms. The smallest absolute Gasteiger partial charge is 0.309 e. The number of esters is 1. The number of likely N-dealkylation sites (tertiary alicyclic amines) is 1. The third-order valence-corrected chi connectivity index (χ3v) is 20.3. The first-order valence-electron chi connectivity index (χ1n) is 23.8. The van der Waals surface area contributed by atoms with Crippen LogP contribution in [0.15, 0.2) is 48.7 Å². The molecular formula is C52H73N3O5. The van der Waals surface area contributed by atoms with E-state index in [1.54, 1.807) is 0 Å². The van der Waals surface area contributed by atoms with E-state index in [1.165, 1.54) is 18.4 Å². The lowest BCUT2D eigenvalue weighted by molar-refractivity contribution is -0.251. The molecule has 60 heavy (non-hydrogen) atoms. The van der Waals surface area contributed by atoms with Crippen LogP contribution in [-0.2, 0) is 19.1 Å². The number of carbonyl (C=O) groups is 3. The number of fused-ring (bicyclic) bond motifs is 7. The molecule has 7 aliphatic rings. The third-order valence-electron chi connectivity index (χ3n) is 20.3. The van der Waals surface area contributed by atoms with E-state index in [9.17, 15) is 14.7 Å². The predicted octanol–water partition coefficient (Wildman–Crippen LogP) is 11.1. The monoisotopic (exact) mass is 820 g/mol. The second kappa shape index (κ2) is 14.3. The normalized spacial score (nSPS) is 42.7. The number of aromatic nitrogens is 2. The zero-order valence-electron chi connectivity index (χ0n) is 37.9. The second-order valence-electron chi connectivity index (χ2n) is 23.3. The van der Waals surface area contributed by atoms with Crippen molar-refractivity contribution in [3.8, 4) is 11.3 Å². The topological polar surface area (TPSA) is 113 Å². The zero-order valence-corrected chi connectivity index (χ0v) is 37.9. The number of ether oxygens (including phenoxy) is 1. The van der Waals surface area contributed by atoms with Crippen molar-refractivity contribution >= 4 is 17.8 Å². The molecule has 2 aromatic rings. The number of piperidine rings is 1. The number of carbonyl (C=O) groups excluding carboxylic acids is 2. The van der Waals surface area contributed by atoms with Gasteiger partial charge in [-0.3, -0.25) is 14.4 Å². The van der Waals surface area contributed by atoms with Crippen LogP contribution in [0.2, 0.25) is 0 Å². The summed E-state index contributed by atoms with van der Waals surface area (Å²) in [5.74, 6) is 1.92. The lowest BCUT2D eigenvalue weighted by atomic mass is 9.32. The molecule has 6 aliphatic carbocycles. The summed E-state index contributed by atoms with van der Waals surface area (Å²) in [6, 6.07) is 10.4. The summed E-state index contributed by atoms with van der Waals surface area (Å²) in [5.41, 5.74) is 2.72. The Balaban J connectivity index is 0.946. The van der Waals surface area contributed by atoms with Crippen LogP contribution in [0, 0.1) is 73.9 Å². The number of carboxylic acid groups (broad SMARTS) is 1. The minimum absolute atomic E-state index is 0.118. The van der Waals surface area contributed by atoms with Gasteiger partial charge in [0.25, 0.3) is 0 Å². The lowest BCUT2D eigenvalue weighted by Crippen LogP contribution is -2.67. The van der Waals surface area contributed by atoms with Gasteiger partial charge in [-0.25, -0.2) is 4.98 Å². The SMILES string of the molecule is C=C(C)[C@@H]1CC[C@]2(C(=O)N3CCC[C@H](c4ncc(-c5ccccc5)[nH]4)C3)CC[C@]3(C)C(CC[C@@H]4[C@@]5(C)CCC(OC(=O)[C@H]6C[C@@H](C(=O)O)C6(C)C)C(C)(C)[C@@H]5CC[C@]43C)[C@@H]12. The van der Waals surface area contributed by atoms with Gasteiger partial charge in [-0.1, -0.05) is 91.0 Å². The van der Waals surface area contributed by atoms with Gasteiger partial charge in [0.15, 0.2) is 0 Å². The minimum Gasteiger partial charge on any atom is -0.481 e. The number of imidazole rings is 1. The minimum atomic E-state index is -0.816. The number of allylic oxidation sites excluding steroid dienone is 1. The molecule has 2 N–H and O–H groups in total. The largest absolute Gasteiger partial charge is 0.481 e. The molecule has 6 saturated carbocycles. The number of aromatic amines is 1. The van der Waals surface area contributed by atoms with Gasteiger partial charge < -0.3 is 19.7 Å². The molecule has 0 bridgehead atoms. The zero-order chi connectivity index (χ0) is 42.8. The molecule has 8 nitrogen and oxygen atoms in total. The van der Waals surface area contributed by atoms with E-state index < -0.39 is 17.3 Å². The maximum atomic E-state index is 15.4. The van der Waals surface area contributed by atoms with E-state index >= 15 is 4.79 Å². The number of benzene rings is 1. The summed E-state index contributed by atoms with van der Waals surface area (Å²) in [6.07, 6.45) is 14.9. The van der Waals surface area contributed by atoms with Gasteiger partial charge in [0.05, 0.1) is 29.1 Å². The summed E-state index contributed by atoms with van der Waals surface area (Å²) in [5, 5.41) is 9.71. The van der Waals surface area contributed by atoms with Crippen molar-refractivity contribution in [2.75, 3.05) is 13.1 Å². The molecule has 0 radical (unpaired) electrons. The maximum Gasteiger partial charge on any atom is 0.309 e. The van der Waals surface area contributed by atoms with Gasteiger partial charge in [0.2, 0.25) is 5.91 Å². The molecule has 13 atom stereocenters. The van der Waals surface area contributed by atoms with Crippen LogP contribution < -0.4 is 0 Å². The van der Waals surface area contributed by atoms with Crippen LogP contribution in [0.3, 0.4) is 0 Å². The van der Waals surface area contributed by atoms with E-state index in [0.29, 0.717) is 41.9 Å². The van der Waals surface area contributed by atoms with E-state index in [1.807, 2.05) is 26.1 Å². The van der Waals surface area contributed by atoms with E-state index in [-0.39, 0.29) is 51.0 Å². The van der Waals surface area contributed by atoms with Gasteiger partial charge in [-0.05, 0) is 147 Å². The highest BCUT2D eigenvalue weighted by Gasteiger charge is 2.72. The lowest BCUT2D eigenvalue weighted by Gasteiger charge is -2.73. The predicted molar refractivity (Wildman–Crippen MR) is 234 cm³/mol.